The first-order valence-corrected chi connectivity index (χ1v) is 13.4. The molecule has 0 radical (unpaired) electrons. The van der Waals surface area contributed by atoms with Crippen LogP contribution >= 0.6 is 27.7 Å². The maximum atomic E-state index is 12.9. The Kier molecular flexibility index (Phi) is 9.62. The molecule has 0 aliphatic carbocycles. The third-order valence-corrected chi connectivity index (χ3v) is 6.43. The Morgan fingerprint density at radius 1 is 1.14 bits per heavy atom. The Morgan fingerprint density at radius 3 is 2.46 bits per heavy atom. The Balaban J connectivity index is 1.87. The minimum absolute atomic E-state index is 0.212. The molecule has 9 heteroatoms. The molecule has 1 aliphatic heterocycles. The predicted molar refractivity (Wildman–Crippen MR) is 149 cm³/mol. The second-order valence-corrected chi connectivity index (χ2v) is 11.1. The summed E-state index contributed by atoms with van der Waals surface area (Å²) in [7, 11) is 0. The van der Waals surface area contributed by atoms with Crippen molar-refractivity contribution < 1.29 is 28.6 Å². The van der Waals surface area contributed by atoms with Gasteiger partial charge in [0, 0.05) is 10.0 Å². The van der Waals surface area contributed by atoms with E-state index in [4.69, 9.17) is 14.2 Å². The lowest BCUT2D eigenvalue weighted by Gasteiger charge is -2.21. The number of rotatable bonds is 10. The first kappa shape index (κ1) is 28.5. The number of benzene rings is 2. The van der Waals surface area contributed by atoms with E-state index >= 15 is 0 Å². The molecule has 7 nitrogen and oxygen atoms in total. The minimum atomic E-state index is -0.715. The molecule has 0 aromatic heterocycles. The van der Waals surface area contributed by atoms with Crippen molar-refractivity contribution in [1.82, 2.24) is 4.90 Å². The molecule has 37 heavy (non-hydrogen) atoms. The molecule has 2 aromatic rings. The third-order valence-electron chi connectivity index (χ3n) is 4.99. The number of esters is 1. The molecule has 1 aliphatic rings. The van der Waals surface area contributed by atoms with Gasteiger partial charge in [0.05, 0.1) is 11.5 Å². The molecule has 0 N–H and O–H groups in total. The van der Waals surface area contributed by atoms with E-state index in [0.717, 1.165) is 32.3 Å². The van der Waals surface area contributed by atoms with Crippen LogP contribution in [0.15, 0.2) is 58.4 Å². The van der Waals surface area contributed by atoms with Crippen molar-refractivity contribution in [3.8, 4) is 11.5 Å². The van der Waals surface area contributed by atoms with Gasteiger partial charge in [-0.1, -0.05) is 34.1 Å². The van der Waals surface area contributed by atoms with Crippen LogP contribution in [0.1, 0.15) is 44.4 Å². The van der Waals surface area contributed by atoms with E-state index in [9.17, 15) is 14.4 Å². The van der Waals surface area contributed by atoms with Gasteiger partial charge in [-0.3, -0.25) is 19.3 Å². The van der Waals surface area contributed by atoms with Crippen molar-refractivity contribution in [2.75, 3.05) is 13.2 Å². The van der Waals surface area contributed by atoms with Crippen LogP contribution in [0.5, 0.6) is 11.5 Å². The van der Waals surface area contributed by atoms with Crippen LogP contribution in [-0.2, 0) is 27.4 Å². The number of halogens is 1. The fraction of sp³-hybridized carbons (Fsp3) is 0.321. The Labute approximate surface area is 230 Å². The maximum absolute atomic E-state index is 12.9. The van der Waals surface area contributed by atoms with Crippen LogP contribution in [0, 0.1) is 0 Å². The second kappa shape index (κ2) is 12.5. The molecule has 196 valence electrons. The van der Waals surface area contributed by atoms with Crippen LogP contribution < -0.4 is 9.47 Å². The number of carbonyl (C=O) groups excluding carboxylic acids is 3. The molecule has 0 bridgehead atoms. The average Bonchev–Trinajstić information content (AvgIpc) is 3.06. The van der Waals surface area contributed by atoms with E-state index in [1.807, 2.05) is 37.3 Å². The molecule has 3 rings (SSSR count). The van der Waals surface area contributed by atoms with Crippen molar-refractivity contribution in [3.05, 3.63) is 75.1 Å². The summed E-state index contributed by atoms with van der Waals surface area (Å²) in [6.07, 6.45) is 3.89. The Bertz CT molecular complexity index is 1220. The summed E-state index contributed by atoms with van der Waals surface area (Å²) in [5.74, 6) is -0.0621. The zero-order chi connectivity index (χ0) is 27.2. The monoisotopic (exact) mass is 587 g/mol. The van der Waals surface area contributed by atoms with E-state index in [1.54, 1.807) is 39.0 Å². The fourth-order valence-electron chi connectivity index (χ4n) is 3.53. The Hall–Kier alpha value is -3.04. The number of ether oxygens (including phenoxy) is 3. The summed E-state index contributed by atoms with van der Waals surface area (Å²) < 4.78 is 18.3. The lowest BCUT2D eigenvalue weighted by molar-refractivity contribution is -0.156. The van der Waals surface area contributed by atoms with Gasteiger partial charge < -0.3 is 14.2 Å². The zero-order valence-corrected chi connectivity index (χ0v) is 23.7. The molecule has 0 saturated carbocycles. The SMILES string of the molecule is C=CCc1cc(C=C2SC(=O)N(CC(=O)OC(C)(C)C)C2=O)cc(OCC)c1OCc1ccc(Br)cc1. The number of amides is 2. The van der Waals surface area contributed by atoms with E-state index in [-0.39, 0.29) is 4.91 Å². The number of carbonyl (C=O) groups is 3. The number of thioether (sulfide) groups is 1. The molecule has 0 atom stereocenters. The van der Waals surface area contributed by atoms with Crippen molar-refractivity contribution in [3.63, 3.8) is 0 Å². The molecular formula is C28H30BrNO6S. The summed E-state index contributed by atoms with van der Waals surface area (Å²) in [4.78, 5) is 38.7. The van der Waals surface area contributed by atoms with Crippen LogP contribution in [0.4, 0.5) is 4.79 Å². The first-order valence-electron chi connectivity index (χ1n) is 11.8. The highest BCUT2D eigenvalue weighted by Gasteiger charge is 2.37. The smallest absolute Gasteiger partial charge is 0.326 e. The number of imide groups is 1. The third kappa shape index (κ3) is 7.97. The molecule has 1 fully saturated rings. The van der Waals surface area contributed by atoms with Crippen molar-refractivity contribution in [1.29, 1.82) is 0 Å². The summed E-state index contributed by atoms with van der Waals surface area (Å²) >= 11 is 4.22. The zero-order valence-electron chi connectivity index (χ0n) is 21.3. The lowest BCUT2D eigenvalue weighted by atomic mass is 10.0. The van der Waals surface area contributed by atoms with Crippen LogP contribution in [0.2, 0.25) is 0 Å². The van der Waals surface area contributed by atoms with Gasteiger partial charge in [-0.15, -0.1) is 6.58 Å². The van der Waals surface area contributed by atoms with Gasteiger partial charge in [0.2, 0.25) is 0 Å². The largest absolute Gasteiger partial charge is 0.490 e. The second-order valence-electron chi connectivity index (χ2n) is 9.20. The maximum Gasteiger partial charge on any atom is 0.326 e. The highest BCUT2D eigenvalue weighted by atomic mass is 79.9. The molecule has 1 heterocycles. The van der Waals surface area contributed by atoms with Gasteiger partial charge in [-0.25, -0.2) is 0 Å². The predicted octanol–water partition coefficient (Wildman–Crippen LogP) is 6.53. The lowest BCUT2D eigenvalue weighted by Crippen LogP contribution is -2.37. The van der Waals surface area contributed by atoms with Crippen molar-refractivity contribution in [2.24, 2.45) is 0 Å². The fourth-order valence-corrected chi connectivity index (χ4v) is 4.63. The molecule has 0 spiro atoms. The van der Waals surface area contributed by atoms with E-state index in [0.29, 0.717) is 36.7 Å². The quantitative estimate of drug-likeness (QED) is 0.177. The molecule has 1 saturated heterocycles. The summed E-state index contributed by atoms with van der Waals surface area (Å²) in [5.41, 5.74) is 1.78. The van der Waals surface area contributed by atoms with Gasteiger partial charge in [0.25, 0.3) is 11.1 Å². The van der Waals surface area contributed by atoms with Gasteiger partial charge in [0.1, 0.15) is 18.8 Å². The minimum Gasteiger partial charge on any atom is -0.490 e. The van der Waals surface area contributed by atoms with Crippen molar-refractivity contribution >= 4 is 50.9 Å². The van der Waals surface area contributed by atoms with Gasteiger partial charge in [0.15, 0.2) is 11.5 Å². The number of allylic oxidation sites excluding steroid dienone is 1. The number of hydrogen-bond acceptors (Lipinski definition) is 7. The van der Waals surface area contributed by atoms with Crippen molar-refractivity contribution in [2.45, 2.75) is 46.3 Å². The van der Waals surface area contributed by atoms with Crippen LogP contribution in [-0.4, -0.2) is 40.8 Å². The van der Waals surface area contributed by atoms with Gasteiger partial charge >= 0.3 is 5.97 Å². The molecule has 2 amide bonds. The summed E-state index contributed by atoms with van der Waals surface area (Å²) in [6.45, 7) is 11.2. The highest BCUT2D eigenvalue weighted by Crippen LogP contribution is 2.38. The van der Waals surface area contributed by atoms with Crippen LogP contribution in [0.25, 0.3) is 6.08 Å². The van der Waals surface area contributed by atoms with E-state index in [2.05, 4.69) is 22.5 Å². The summed E-state index contributed by atoms with van der Waals surface area (Å²) in [6, 6.07) is 11.5. The average molecular weight is 589 g/mol. The standard InChI is InChI=1S/C28H30BrNO6S/c1-6-8-20-13-19(14-22(34-7-2)25(20)35-17-18-9-11-21(29)12-10-18)15-23-26(32)30(27(33)37-23)16-24(31)36-28(3,4)5/h6,9-15H,1,7-8,16-17H2,2-5H3. The number of nitrogens with zero attached hydrogens (tertiary/aromatic N) is 1. The molecule has 2 aromatic carbocycles. The van der Waals surface area contributed by atoms with Gasteiger partial charge in [-0.2, -0.15) is 0 Å². The Morgan fingerprint density at radius 2 is 1.84 bits per heavy atom. The normalized spacial score (nSPS) is 14.7. The molecular weight excluding hydrogens is 558 g/mol. The highest BCUT2D eigenvalue weighted by molar-refractivity contribution is 9.10. The van der Waals surface area contributed by atoms with E-state index in [1.165, 1.54) is 0 Å². The number of hydrogen-bond donors (Lipinski definition) is 0. The summed E-state index contributed by atoms with van der Waals surface area (Å²) in [5, 5.41) is -0.520. The first-order chi connectivity index (χ1) is 17.5. The molecule has 0 unspecified atom stereocenters. The van der Waals surface area contributed by atoms with E-state index < -0.39 is 29.3 Å². The van der Waals surface area contributed by atoms with Crippen LogP contribution in [0.3, 0.4) is 0 Å². The van der Waals surface area contributed by atoms with Gasteiger partial charge in [-0.05, 0) is 87.3 Å². The topological polar surface area (TPSA) is 82.1 Å².